The van der Waals surface area contributed by atoms with Crippen LogP contribution in [-0.2, 0) is 0 Å². The molecule has 1 fully saturated rings. The van der Waals surface area contributed by atoms with Crippen LogP contribution >= 0.6 is 0 Å². The third-order valence-corrected chi connectivity index (χ3v) is 2.87. The second-order valence-corrected chi connectivity index (χ2v) is 3.90. The second kappa shape index (κ2) is 3.31. The third-order valence-electron chi connectivity index (χ3n) is 2.87. The quantitative estimate of drug-likeness (QED) is 0.770. The lowest BCUT2D eigenvalue weighted by molar-refractivity contribution is 0.623. The smallest absolute Gasteiger partial charge is 0.173 e. The first-order valence-corrected chi connectivity index (χ1v) is 5.21. The summed E-state index contributed by atoms with van der Waals surface area (Å²) in [5.74, 6) is -0.262. The lowest BCUT2D eigenvalue weighted by atomic mass is 10.2. The van der Waals surface area contributed by atoms with Gasteiger partial charge in [-0.15, -0.1) is 0 Å². The van der Waals surface area contributed by atoms with Gasteiger partial charge in [0, 0.05) is 12.4 Å². The molecule has 0 spiro atoms. The summed E-state index contributed by atoms with van der Waals surface area (Å²) in [4.78, 5) is 4.32. The van der Waals surface area contributed by atoms with E-state index in [0.717, 1.165) is 18.7 Å². The van der Waals surface area contributed by atoms with E-state index in [1.54, 1.807) is 10.5 Å². The van der Waals surface area contributed by atoms with Crippen molar-refractivity contribution in [3.8, 4) is 0 Å². The van der Waals surface area contributed by atoms with Gasteiger partial charge in [-0.25, -0.2) is 9.37 Å². The molecular weight excluding hydrogens is 193 g/mol. The fourth-order valence-corrected chi connectivity index (χ4v) is 2.10. The Kier molecular flexibility index (Phi) is 1.95. The highest BCUT2D eigenvalue weighted by molar-refractivity contribution is 5.42. The summed E-state index contributed by atoms with van der Waals surface area (Å²) < 4.78 is 15.1. The van der Waals surface area contributed by atoms with Crippen LogP contribution in [0.1, 0.15) is 24.6 Å². The van der Waals surface area contributed by atoms with Crippen LogP contribution in [0.25, 0.3) is 5.65 Å². The Bertz CT molecular complexity index is 486. The molecule has 1 unspecified atom stereocenters. The highest BCUT2D eigenvalue weighted by Gasteiger charge is 2.19. The minimum atomic E-state index is -0.262. The van der Waals surface area contributed by atoms with Gasteiger partial charge in [-0.3, -0.25) is 0 Å². The summed E-state index contributed by atoms with van der Waals surface area (Å²) in [5, 5.41) is 3.36. The first-order chi connectivity index (χ1) is 7.34. The third kappa shape index (κ3) is 1.41. The van der Waals surface area contributed by atoms with Gasteiger partial charge in [0.2, 0.25) is 0 Å². The summed E-state index contributed by atoms with van der Waals surface area (Å²) in [5.41, 5.74) is 1.36. The predicted molar refractivity (Wildman–Crippen MR) is 55.1 cm³/mol. The van der Waals surface area contributed by atoms with E-state index >= 15 is 0 Å². The van der Waals surface area contributed by atoms with Crippen LogP contribution in [0.15, 0.2) is 24.5 Å². The fraction of sp³-hybridized carbons (Fsp3) is 0.364. The van der Waals surface area contributed by atoms with Crippen LogP contribution < -0.4 is 5.32 Å². The van der Waals surface area contributed by atoms with Gasteiger partial charge in [0.1, 0.15) is 0 Å². The van der Waals surface area contributed by atoms with Crippen molar-refractivity contribution < 1.29 is 4.39 Å². The summed E-state index contributed by atoms with van der Waals surface area (Å²) in [7, 11) is 0. The molecule has 4 heteroatoms. The van der Waals surface area contributed by atoms with Crippen molar-refractivity contribution in [2.24, 2.45) is 0 Å². The van der Waals surface area contributed by atoms with Gasteiger partial charge in [0.05, 0.1) is 11.7 Å². The number of rotatable bonds is 1. The van der Waals surface area contributed by atoms with Crippen molar-refractivity contribution >= 4 is 5.65 Å². The Morgan fingerprint density at radius 2 is 2.47 bits per heavy atom. The zero-order valence-corrected chi connectivity index (χ0v) is 8.28. The Balaban J connectivity index is 2.09. The average molecular weight is 205 g/mol. The van der Waals surface area contributed by atoms with Crippen LogP contribution in [0.5, 0.6) is 0 Å². The zero-order chi connectivity index (χ0) is 10.3. The molecule has 3 rings (SSSR count). The highest BCUT2D eigenvalue weighted by atomic mass is 19.1. The van der Waals surface area contributed by atoms with Crippen molar-refractivity contribution in [3.05, 3.63) is 36.0 Å². The molecule has 3 heterocycles. The normalized spacial score (nSPS) is 21.3. The Morgan fingerprint density at radius 3 is 3.20 bits per heavy atom. The van der Waals surface area contributed by atoms with Crippen LogP contribution in [0.3, 0.4) is 0 Å². The molecule has 2 aromatic rings. The number of pyridine rings is 1. The Labute approximate surface area is 86.9 Å². The molecule has 1 aliphatic heterocycles. The largest absolute Gasteiger partial charge is 0.309 e. The van der Waals surface area contributed by atoms with Gasteiger partial charge >= 0.3 is 0 Å². The maximum atomic E-state index is 13.4. The monoisotopic (exact) mass is 205 g/mol. The van der Waals surface area contributed by atoms with E-state index in [-0.39, 0.29) is 5.82 Å². The van der Waals surface area contributed by atoms with Crippen LogP contribution in [0.2, 0.25) is 0 Å². The molecule has 0 aliphatic carbocycles. The van der Waals surface area contributed by atoms with Gasteiger partial charge < -0.3 is 9.72 Å². The number of imidazole rings is 1. The molecule has 1 N–H and O–H groups in total. The number of nitrogens with one attached hydrogen (secondary N) is 1. The summed E-state index contributed by atoms with van der Waals surface area (Å²) >= 11 is 0. The second-order valence-electron chi connectivity index (χ2n) is 3.90. The number of halogens is 1. The molecule has 0 radical (unpaired) electrons. The first kappa shape index (κ1) is 8.85. The molecule has 15 heavy (non-hydrogen) atoms. The molecule has 3 nitrogen and oxygen atoms in total. The molecule has 0 bridgehead atoms. The maximum absolute atomic E-state index is 13.4. The molecule has 0 saturated carbocycles. The van der Waals surface area contributed by atoms with Crippen molar-refractivity contribution in [2.45, 2.75) is 18.9 Å². The molecule has 2 aromatic heterocycles. The molecule has 1 aliphatic rings. The lowest BCUT2D eigenvalue weighted by Crippen LogP contribution is -2.12. The molecule has 1 atom stereocenters. The molecular formula is C11H12FN3. The summed E-state index contributed by atoms with van der Waals surface area (Å²) in [6.45, 7) is 1.03. The van der Waals surface area contributed by atoms with Crippen molar-refractivity contribution in [2.75, 3.05) is 6.54 Å². The van der Waals surface area contributed by atoms with Gasteiger partial charge in [0.25, 0.3) is 0 Å². The molecule has 78 valence electrons. The van der Waals surface area contributed by atoms with Gasteiger partial charge in [-0.05, 0) is 31.5 Å². The topological polar surface area (TPSA) is 29.3 Å². The van der Waals surface area contributed by atoms with E-state index in [1.807, 2.05) is 12.4 Å². The van der Waals surface area contributed by atoms with Crippen LogP contribution in [-0.4, -0.2) is 15.9 Å². The standard InChI is InChI=1S/C11H12FN3/c12-8-3-2-6-15-7-10(14-11(8)15)9-4-1-5-13-9/h2-3,6-7,9,13H,1,4-5H2. The van der Waals surface area contributed by atoms with Gasteiger partial charge in [-0.1, -0.05) is 0 Å². The number of fused-ring (bicyclic) bond motifs is 1. The molecule has 1 saturated heterocycles. The Hall–Kier alpha value is -1.42. The van der Waals surface area contributed by atoms with Crippen LogP contribution in [0.4, 0.5) is 4.39 Å². The summed E-state index contributed by atoms with van der Waals surface area (Å²) in [6.07, 6.45) is 5.98. The number of hydrogen-bond acceptors (Lipinski definition) is 2. The highest BCUT2D eigenvalue weighted by Crippen LogP contribution is 2.22. The minimum absolute atomic E-state index is 0.262. The van der Waals surface area contributed by atoms with E-state index in [0.29, 0.717) is 11.7 Å². The number of nitrogens with zero attached hydrogens (tertiary/aromatic N) is 2. The van der Waals surface area contributed by atoms with Crippen molar-refractivity contribution in [3.63, 3.8) is 0 Å². The molecule has 0 amide bonds. The number of aromatic nitrogens is 2. The Morgan fingerprint density at radius 1 is 1.53 bits per heavy atom. The van der Waals surface area contributed by atoms with Gasteiger partial charge in [0.15, 0.2) is 11.5 Å². The maximum Gasteiger partial charge on any atom is 0.173 e. The average Bonchev–Trinajstić information content (AvgIpc) is 2.86. The van der Waals surface area contributed by atoms with E-state index < -0.39 is 0 Å². The van der Waals surface area contributed by atoms with Crippen molar-refractivity contribution in [1.82, 2.24) is 14.7 Å². The molecule has 0 aromatic carbocycles. The number of hydrogen-bond donors (Lipinski definition) is 1. The van der Waals surface area contributed by atoms with E-state index in [1.165, 1.54) is 12.5 Å². The van der Waals surface area contributed by atoms with E-state index in [2.05, 4.69) is 10.3 Å². The predicted octanol–water partition coefficient (Wildman–Crippen LogP) is 1.90. The minimum Gasteiger partial charge on any atom is -0.309 e. The summed E-state index contributed by atoms with van der Waals surface area (Å²) in [6, 6.07) is 3.42. The van der Waals surface area contributed by atoms with E-state index in [9.17, 15) is 4.39 Å². The zero-order valence-electron chi connectivity index (χ0n) is 8.28. The first-order valence-electron chi connectivity index (χ1n) is 5.21. The fourth-order valence-electron chi connectivity index (χ4n) is 2.10. The van der Waals surface area contributed by atoms with Crippen LogP contribution in [0, 0.1) is 5.82 Å². The van der Waals surface area contributed by atoms with Crippen molar-refractivity contribution in [1.29, 1.82) is 0 Å². The van der Waals surface area contributed by atoms with E-state index in [4.69, 9.17) is 0 Å². The SMILES string of the molecule is Fc1cccn2cc(C3CCCN3)nc12. The van der Waals surface area contributed by atoms with Gasteiger partial charge in [-0.2, -0.15) is 0 Å². The lowest BCUT2D eigenvalue weighted by Gasteiger charge is -2.04.